The Labute approximate surface area is 171 Å². The summed E-state index contributed by atoms with van der Waals surface area (Å²) in [5, 5.41) is 2.82. The fourth-order valence-electron chi connectivity index (χ4n) is 3.06. The minimum Gasteiger partial charge on any atom is -0.452 e. The highest BCUT2D eigenvalue weighted by molar-refractivity contribution is 8.00. The van der Waals surface area contributed by atoms with Crippen molar-refractivity contribution in [3.8, 4) is 0 Å². The standard InChI is InChI=1S/C21H30N2O4S/c1-16(2)22-19(24)15-28-18-11-7-6-10-17(18)21(26)27-14-20(25)23-12-8-4-3-5-9-13-23/h6-7,10-11,16H,3-5,8-9,12-15H2,1-2H3,(H,22,24). The first kappa shape index (κ1) is 22.3. The SMILES string of the molecule is CC(C)NC(=O)CSc1ccccc1C(=O)OCC(=O)N1CCCCCCC1. The van der Waals surface area contributed by atoms with E-state index in [9.17, 15) is 14.4 Å². The summed E-state index contributed by atoms with van der Waals surface area (Å²) >= 11 is 1.28. The monoisotopic (exact) mass is 406 g/mol. The molecule has 0 unspecified atom stereocenters. The number of thioether (sulfide) groups is 1. The van der Waals surface area contributed by atoms with Crippen LogP contribution in [0, 0.1) is 0 Å². The Balaban J connectivity index is 1.89. The third kappa shape index (κ3) is 7.54. The van der Waals surface area contributed by atoms with Crippen molar-refractivity contribution in [3.63, 3.8) is 0 Å². The van der Waals surface area contributed by atoms with Crippen LogP contribution in [0.25, 0.3) is 0 Å². The van der Waals surface area contributed by atoms with E-state index in [1.165, 1.54) is 18.2 Å². The summed E-state index contributed by atoms with van der Waals surface area (Å²) in [6.07, 6.45) is 5.49. The number of ether oxygens (including phenoxy) is 1. The zero-order valence-corrected chi connectivity index (χ0v) is 17.6. The zero-order valence-electron chi connectivity index (χ0n) is 16.7. The molecule has 0 aromatic heterocycles. The first-order chi connectivity index (χ1) is 13.5. The largest absolute Gasteiger partial charge is 0.452 e. The van der Waals surface area contributed by atoms with E-state index >= 15 is 0 Å². The van der Waals surface area contributed by atoms with Gasteiger partial charge in [0.1, 0.15) is 0 Å². The topological polar surface area (TPSA) is 75.7 Å². The van der Waals surface area contributed by atoms with Gasteiger partial charge in [-0.2, -0.15) is 0 Å². The number of nitrogens with one attached hydrogen (secondary N) is 1. The van der Waals surface area contributed by atoms with Crippen molar-refractivity contribution in [1.82, 2.24) is 10.2 Å². The predicted octanol–water partition coefficient (Wildman–Crippen LogP) is 3.25. The van der Waals surface area contributed by atoms with E-state index in [1.807, 2.05) is 19.9 Å². The number of hydrogen-bond donors (Lipinski definition) is 1. The van der Waals surface area contributed by atoms with Crippen molar-refractivity contribution in [2.45, 2.75) is 56.9 Å². The molecule has 1 saturated heterocycles. The van der Waals surface area contributed by atoms with Crippen LogP contribution >= 0.6 is 11.8 Å². The van der Waals surface area contributed by atoms with Gasteiger partial charge in [0.25, 0.3) is 5.91 Å². The first-order valence-corrected chi connectivity index (χ1v) is 10.9. The lowest BCUT2D eigenvalue weighted by atomic mass is 10.1. The van der Waals surface area contributed by atoms with Gasteiger partial charge in [0, 0.05) is 24.0 Å². The molecular formula is C21H30N2O4S. The summed E-state index contributed by atoms with van der Waals surface area (Å²) in [6.45, 7) is 5.02. The molecule has 28 heavy (non-hydrogen) atoms. The highest BCUT2D eigenvalue weighted by Gasteiger charge is 2.19. The average Bonchev–Trinajstić information content (AvgIpc) is 2.63. The van der Waals surface area contributed by atoms with Gasteiger partial charge >= 0.3 is 5.97 Å². The Hall–Kier alpha value is -2.02. The Bertz CT molecular complexity index is 670. The molecule has 1 aliphatic heterocycles. The van der Waals surface area contributed by atoms with Gasteiger partial charge < -0.3 is 15.0 Å². The molecule has 0 radical (unpaired) electrons. The van der Waals surface area contributed by atoms with Crippen LogP contribution in [0.4, 0.5) is 0 Å². The molecule has 1 aromatic rings. The summed E-state index contributed by atoms with van der Waals surface area (Å²) < 4.78 is 5.28. The van der Waals surface area contributed by atoms with Crippen LogP contribution in [0.2, 0.25) is 0 Å². The maximum absolute atomic E-state index is 12.5. The highest BCUT2D eigenvalue weighted by Crippen LogP contribution is 2.23. The van der Waals surface area contributed by atoms with Gasteiger partial charge in [-0.3, -0.25) is 9.59 Å². The van der Waals surface area contributed by atoms with Crippen LogP contribution in [-0.4, -0.2) is 54.2 Å². The van der Waals surface area contributed by atoms with Crippen molar-refractivity contribution in [2.24, 2.45) is 0 Å². The van der Waals surface area contributed by atoms with E-state index in [-0.39, 0.29) is 30.2 Å². The maximum Gasteiger partial charge on any atom is 0.339 e. The third-order valence-electron chi connectivity index (χ3n) is 4.45. The van der Waals surface area contributed by atoms with Crippen molar-refractivity contribution in [3.05, 3.63) is 29.8 Å². The molecule has 2 amide bonds. The van der Waals surface area contributed by atoms with E-state index in [2.05, 4.69) is 5.32 Å². The minimum absolute atomic E-state index is 0.0719. The summed E-state index contributed by atoms with van der Waals surface area (Å²) in [7, 11) is 0. The van der Waals surface area contributed by atoms with E-state index in [0.717, 1.165) is 38.8 Å². The second kappa shape index (κ2) is 11.7. The number of carbonyl (C=O) groups excluding carboxylic acids is 3. The van der Waals surface area contributed by atoms with Gasteiger partial charge in [-0.25, -0.2) is 4.79 Å². The second-order valence-corrected chi connectivity index (χ2v) is 8.25. The van der Waals surface area contributed by atoms with Crippen molar-refractivity contribution in [1.29, 1.82) is 0 Å². The van der Waals surface area contributed by atoms with Gasteiger partial charge in [0.15, 0.2) is 6.61 Å². The molecule has 1 aromatic carbocycles. The van der Waals surface area contributed by atoms with Crippen LogP contribution in [0.5, 0.6) is 0 Å². The molecule has 1 fully saturated rings. The van der Waals surface area contributed by atoms with Crippen LogP contribution in [0.15, 0.2) is 29.2 Å². The van der Waals surface area contributed by atoms with Gasteiger partial charge in [-0.1, -0.05) is 31.4 Å². The molecule has 0 atom stereocenters. The normalized spacial score (nSPS) is 14.9. The molecule has 1 N–H and O–H groups in total. The highest BCUT2D eigenvalue weighted by atomic mass is 32.2. The molecule has 0 spiro atoms. The number of carbonyl (C=O) groups is 3. The smallest absolute Gasteiger partial charge is 0.339 e. The fraction of sp³-hybridized carbons (Fsp3) is 0.571. The lowest BCUT2D eigenvalue weighted by molar-refractivity contribution is -0.134. The molecule has 2 rings (SSSR count). The van der Waals surface area contributed by atoms with E-state index < -0.39 is 5.97 Å². The number of rotatable bonds is 7. The number of benzene rings is 1. The molecule has 1 heterocycles. The molecule has 6 nitrogen and oxygen atoms in total. The van der Waals surface area contributed by atoms with Crippen molar-refractivity contribution < 1.29 is 19.1 Å². The fourth-order valence-corrected chi connectivity index (χ4v) is 3.91. The van der Waals surface area contributed by atoms with Gasteiger partial charge in [0.2, 0.25) is 5.91 Å². The summed E-state index contributed by atoms with van der Waals surface area (Å²) in [6, 6.07) is 7.07. The van der Waals surface area contributed by atoms with E-state index in [1.54, 1.807) is 23.1 Å². The summed E-state index contributed by atoms with van der Waals surface area (Å²) in [4.78, 5) is 39.2. The Kier molecular flexibility index (Phi) is 9.34. The Morgan fingerprint density at radius 1 is 1.07 bits per heavy atom. The van der Waals surface area contributed by atoms with Crippen molar-refractivity contribution in [2.75, 3.05) is 25.4 Å². The van der Waals surface area contributed by atoms with E-state index in [0.29, 0.717) is 10.5 Å². The van der Waals surface area contributed by atoms with Gasteiger partial charge in [0.05, 0.1) is 11.3 Å². The number of amides is 2. The third-order valence-corrected chi connectivity index (χ3v) is 5.52. The number of esters is 1. The molecule has 0 saturated carbocycles. The average molecular weight is 407 g/mol. The molecule has 0 bridgehead atoms. The molecular weight excluding hydrogens is 376 g/mol. The first-order valence-electron chi connectivity index (χ1n) is 9.93. The lowest BCUT2D eigenvalue weighted by Crippen LogP contribution is -2.37. The zero-order chi connectivity index (χ0) is 20.4. The van der Waals surface area contributed by atoms with E-state index in [4.69, 9.17) is 4.74 Å². The Morgan fingerprint density at radius 3 is 2.39 bits per heavy atom. The summed E-state index contributed by atoms with van der Waals surface area (Å²) in [5.74, 6) is -0.547. The molecule has 0 aliphatic carbocycles. The maximum atomic E-state index is 12.5. The van der Waals surface area contributed by atoms with Gasteiger partial charge in [-0.15, -0.1) is 11.8 Å². The predicted molar refractivity (Wildman–Crippen MR) is 110 cm³/mol. The molecule has 154 valence electrons. The van der Waals surface area contributed by atoms with Crippen LogP contribution in [0.1, 0.15) is 56.3 Å². The number of nitrogens with zero attached hydrogens (tertiary/aromatic N) is 1. The van der Waals surface area contributed by atoms with Crippen LogP contribution in [-0.2, 0) is 14.3 Å². The Morgan fingerprint density at radius 2 is 1.71 bits per heavy atom. The van der Waals surface area contributed by atoms with Crippen molar-refractivity contribution >= 4 is 29.5 Å². The number of hydrogen-bond acceptors (Lipinski definition) is 5. The molecule has 7 heteroatoms. The van der Waals surface area contributed by atoms with Crippen LogP contribution in [0.3, 0.4) is 0 Å². The quantitative estimate of drug-likeness (QED) is 0.556. The minimum atomic E-state index is -0.534. The molecule has 1 aliphatic rings. The summed E-state index contributed by atoms with van der Waals surface area (Å²) in [5.41, 5.74) is 0.380. The van der Waals surface area contributed by atoms with Gasteiger partial charge in [-0.05, 0) is 38.8 Å². The van der Waals surface area contributed by atoms with Crippen LogP contribution < -0.4 is 5.32 Å². The lowest BCUT2D eigenvalue weighted by Gasteiger charge is -2.24. The number of likely N-dealkylation sites (tertiary alicyclic amines) is 1. The second-order valence-electron chi connectivity index (χ2n) is 7.23.